The smallest absolute Gasteiger partial charge is 0.356 e. The number of nitrogens with zero attached hydrogens (tertiary/aromatic N) is 1. The molecule has 0 fully saturated rings. The van der Waals surface area contributed by atoms with Crippen LogP contribution in [0.5, 0.6) is 0 Å². The SMILES string of the molecule is CCOC(=O)c1cc2c(sc1=N)c(C(=O)OCC)n1cc(CC)ccc21. The molecule has 26 heavy (non-hydrogen) atoms. The van der Waals surface area contributed by atoms with Crippen LogP contribution in [0, 0.1) is 5.41 Å². The van der Waals surface area contributed by atoms with Gasteiger partial charge < -0.3 is 13.9 Å². The standard InChI is InChI=1S/C19H20N2O4S/c1-4-11-7-8-14-12-9-13(18(22)24-5-2)17(20)26-16(12)15(21(14)10-11)19(23)25-6-3/h7-10,20H,4-6H2,1-3H3. The van der Waals surface area contributed by atoms with Gasteiger partial charge >= 0.3 is 11.9 Å². The van der Waals surface area contributed by atoms with Gasteiger partial charge in [-0.1, -0.05) is 13.0 Å². The van der Waals surface area contributed by atoms with Gasteiger partial charge in [-0.15, -0.1) is 11.3 Å². The van der Waals surface area contributed by atoms with Crippen LogP contribution in [-0.4, -0.2) is 29.6 Å². The highest BCUT2D eigenvalue weighted by Gasteiger charge is 2.22. The number of pyridine rings is 1. The maximum absolute atomic E-state index is 12.6. The summed E-state index contributed by atoms with van der Waals surface area (Å²) in [4.78, 5) is 24.7. The second kappa shape index (κ2) is 7.29. The van der Waals surface area contributed by atoms with E-state index in [0.717, 1.165) is 34.2 Å². The average molecular weight is 372 g/mol. The van der Waals surface area contributed by atoms with Gasteiger partial charge in [-0.05, 0) is 38.0 Å². The summed E-state index contributed by atoms with van der Waals surface area (Å²) >= 11 is 1.09. The fraction of sp³-hybridized carbons (Fsp3) is 0.316. The number of nitrogens with one attached hydrogen (secondary N) is 1. The maximum atomic E-state index is 12.6. The molecule has 3 aromatic rings. The van der Waals surface area contributed by atoms with Crippen LogP contribution in [0.2, 0.25) is 0 Å². The molecule has 0 aliphatic rings. The van der Waals surface area contributed by atoms with Crippen molar-refractivity contribution >= 4 is 38.9 Å². The van der Waals surface area contributed by atoms with Crippen LogP contribution in [0.25, 0.3) is 15.6 Å². The second-order valence-electron chi connectivity index (χ2n) is 5.67. The lowest BCUT2D eigenvalue weighted by Gasteiger charge is -2.05. The van der Waals surface area contributed by atoms with E-state index in [1.807, 2.05) is 25.3 Å². The predicted octanol–water partition coefficient (Wildman–Crippen LogP) is 3.55. The Hall–Kier alpha value is -2.67. The van der Waals surface area contributed by atoms with E-state index in [2.05, 4.69) is 0 Å². The van der Waals surface area contributed by atoms with E-state index in [1.54, 1.807) is 24.3 Å². The summed E-state index contributed by atoms with van der Waals surface area (Å²) in [5.41, 5.74) is 2.46. The molecule has 0 aliphatic carbocycles. The number of fused-ring (bicyclic) bond motifs is 3. The van der Waals surface area contributed by atoms with Crippen LogP contribution in [0.3, 0.4) is 0 Å². The van der Waals surface area contributed by atoms with E-state index in [1.165, 1.54) is 0 Å². The molecular formula is C19H20N2O4S. The van der Waals surface area contributed by atoms with Gasteiger partial charge in [-0.3, -0.25) is 5.41 Å². The molecule has 0 aliphatic heterocycles. The highest BCUT2D eigenvalue weighted by molar-refractivity contribution is 7.16. The molecule has 3 rings (SSSR count). The Morgan fingerprint density at radius 3 is 2.46 bits per heavy atom. The number of hydrogen-bond acceptors (Lipinski definition) is 6. The van der Waals surface area contributed by atoms with E-state index < -0.39 is 11.9 Å². The van der Waals surface area contributed by atoms with Gasteiger partial charge in [-0.25, -0.2) is 9.59 Å². The fourth-order valence-corrected chi connectivity index (χ4v) is 3.88. The monoisotopic (exact) mass is 372 g/mol. The first kappa shape index (κ1) is 18.1. The molecule has 0 saturated heterocycles. The zero-order valence-electron chi connectivity index (χ0n) is 14.9. The molecule has 6 nitrogen and oxygen atoms in total. The Morgan fingerprint density at radius 1 is 1.12 bits per heavy atom. The number of rotatable bonds is 5. The van der Waals surface area contributed by atoms with Crippen LogP contribution in [0.4, 0.5) is 0 Å². The van der Waals surface area contributed by atoms with Crippen molar-refractivity contribution in [3.63, 3.8) is 0 Å². The molecule has 0 bridgehead atoms. The normalized spacial score (nSPS) is 11.0. The molecule has 0 saturated carbocycles. The second-order valence-corrected chi connectivity index (χ2v) is 6.69. The van der Waals surface area contributed by atoms with Crippen molar-refractivity contribution in [2.75, 3.05) is 13.2 Å². The van der Waals surface area contributed by atoms with E-state index in [-0.39, 0.29) is 23.4 Å². The lowest BCUT2D eigenvalue weighted by Crippen LogP contribution is -2.15. The van der Waals surface area contributed by atoms with Gasteiger partial charge in [0.1, 0.15) is 10.4 Å². The van der Waals surface area contributed by atoms with E-state index in [9.17, 15) is 9.59 Å². The summed E-state index contributed by atoms with van der Waals surface area (Å²) in [5.74, 6) is -0.969. The van der Waals surface area contributed by atoms with Crippen LogP contribution in [-0.2, 0) is 15.9 Å². The van der Waals surface area contributed by atoms with Crippen molar-refractivity contribution in [3.8, 4) is 0 Å². The summed E-state index contributed by atoms with van der Waals surface area (Å²) in [6.45, 7) is 6.03. The molecule has 7 heteroatoms. The van der Waals surface area contributed by atoms with Gasteiger partial charge in [0.2, 0.25) is 0 Å². The first-order valence-corrected chi connectivity index (χ1v) is 9.33. The number of carbonyl (C=O) groups excluding carboxylic acids is 2. The molecule has 3 heterocycles. The largest absolute Gasteiger partial charge is 0.462 e. The maximum Gasteiger partial charge on any atom is 0.356 e. The summed E-state index contributed by atoms with van der Waals surface area (Å²) in [5, 5.41) is 8.95. The van der Waals surface area contributed by atoms with Crippen molar-refractivity contribution < 1.29 is 19.1 Å². The lowest BCUT2D eigenvalue weighted by molar-refractivity contribution is 0.0513. The third kappa shape index (κ3) is 2.99. The number of ether oxygens (including phenoxy) is 2. The summed E-state index contributed by atoms with van der Waals surface area (Å²) in [7, 11) is 0. The van der Waals surface area contributed by atoms with Crippen molar-refractivity contribution in [3.05, 3.63) is 45.9 Å². The molecule has 0 spiro atoms. The Morgan fingerprint density at radius 2 is 1.81 bits per heavy atom. The number of aromatic nitrogens is 1. The van der Waals surface area contributed by atoms with E-state index >= 15 is 0 Å². The predicted molar refractivity (Wildman–Crippen MR) is 99.9 cm³/mol. The molecule has 0 aromatic carbocycles. The zero-order chi connectivity index (χ0) is 18.8. The van der Waals surface area contributed by atoms with Gasteiger partial charge in [0.25, 0.3) is 0 Å². The van der Waals surface area contributed by atoms with Gasteiger partial charge in [0.15, 0.2) is 0 Å². The fourth-order valence-electron chi connectivity index (χ4n) is 2.87. The van der Waals surface area contributed by atoms with Gasteiger partial charge in [-0.2, -0.15) is 0 Å². The molecular weight excluding hydrogens is 352 g/mol. The molecule has 0 amide bonds. The van der Waals surface area contributed by atoms with E-state index in [4.69, 9.17) is 14.9 Å². The van der Waals surface area contributed by atoms with Crippen LogP contribution >= 0.6 is 11.3 Å². The average Bonchev–Trinajstić information content (AvgIpc) is 2.93. The minimum atomic E-state index is -0.530. The van der Waals surface area contributed by atoms with Gasteiger partial charge in [0.05, 0.1) is 29.0 Å². The first-order chi connectivity index (χ1) is 12.5. The van der Waals surface area contributed by atoms with E-state index in [0.29, 0.717) is 10.4 Å². The highest BCUT2D eigenvalue weighted by atomic mass is 32.1. The number of carbonyl (C=O) groups is 2. The highest BCUT2D eigenvalue weighted by Crippen LogP contribution is 2.30. The van der Waals surface area contributed by atoms with Crippen molar-refractivity contribution in [1.82, 2.24) is 4.40 Å². The molecule has 1 N–H and O–H groups in total. The molecule has 0 unspecified atom stereocenters. The molecule has 0 radical (unpaired) electrons. The lowest BCUT2D eigenvalue weighted by atomic mass is 10.2. The molecule has 136 valence electrons. The summed E-state index contributed by atoms with van der Waals surface area (Å²) < 4.78 is 12.8. The summed E-state index contributed by atoms with van der Waals surface area (Å²) in [6.07, 6.45) is 2.73. The van der Waals surface area contributed by atoms with Gasteiger partial charge in [0, 0.05) is 11.6 Å². The first-order valence-electron chi connectivity index (χ1n) is 8.51. The minimum Gasteiger partial charge on any atom is -0.462 e. The Bertz CT molecular complexity index is 1060. The summed E-state index contributed by atoms with van der Waals surface area (Å²) in [6, 6.07) is 5.55. The third-order valence-electron chi connectivity index (χ3n) is 4.10. The van der Waals surface area contributed by atoms with Crippen LogP contribution in [0.1, 0.15) is 47.2 Å². The molecule has 3 aromatic heterocycles. The Labute approximate surface area is 154 Å². The zero-order valence-corrected chi connectivity index (χ0v) is 15.7. The van der Waals surface area contributed by atoms with Crippen LogP contribution in [0.15, 0.2) is 24.4 Å². The quantitative estimate of drug-likeness (QED) is 0.695. The number of aryl methyl sites for hydroxylation is 1. The van der Waals surface area contributed by atoms with Crippen molar-refractivity contribution in [2.24, 2.45) is 0 Å². The topological polar surface area (TPSA) is 80.9 Å². The number of hydrogen-bond donors (Lipinski definition) is 1. The third-order valence-corrected chi connectivity index (χ3v) is 5.14. The molecule has 0 atom stereocenters. The minimum absolute atomic E-state index is 0.0631. The van der Waals surface area contributed by atoms with Crippen LogP contribution < -0.4 is 4.67 Å². The number of esters is 2. The van der Waals surface area contributed by atoms with Crippen molar-refractivity contribution in [2.45, 2.75) is 27.2 Å². The Balaban J connectivity index is 2.38. The Kier molecular flexibility index (Phi) is 5.08. The van der Waals surface area contributed by atoms with Crippen molar-refractivity contribution in [1.29, 1.82) is 5.41 Å².